The van der Waals surface area contributed by atoms with Crippen LogP contribution in [-0.2, 0) is 11.2 Å². The highest BCUT2D eigenvalue weighted by molar-refractivity contribution is 6.30. The number of nitrogens with zero attached hydrogens (tertiary/aromatic N) is 1. The summed E-state index contributed by atoms with van der Waals surface area (Å²) < 4.78 is 0. The van der Waals surface area contributed by atoms with Crippen LogP contribution in [-0.4, -0.2) is 22.5 Å². The average molecular weight is 305 g/mol. The van der Waals surface area contributed by atoms with E-state index in [9.17, 15) is 9.90 Å². The molecule has 1 atom stereocenters. The first-order valence-electron chi connectivity index (χ1n) is 6.75. The maximum Gasteiger partial charge on any atom is 0.222 e. The second-order valence-corrected chi connectivity index (χ2v) is 5.13. The molecule has 5 heteroatoms. The molecule has 1 amide bonds. The van der Waals surface area contributed by atoms with Gasteiger partial charge in [0.25, 0.3) is 0 Å². The van der Waals surface area contributed by atoms with Crippen molar-refractivity contribution < 1.29 is 9.90 Å². The van der Waals surface area contributed by atoms with Crippen molar-refractivity contribution >= 4 is 17.5 Å². The van der Waals surface area contributed by atoms with Crippen LogP contribution in [0.15, 0.2) is 48.7 Å². The Morgan fingerprint density at radius 1 is 1.24 bits per heavy atom. The lowest BCUT2D eigenvalue weighted by molar-refractivity contribution is -0.123. The summed E-state index contributed by atoms with van der Waals surface area (Å²) in [4.78, 5) is 15.9. The summed E-state index contributed by atoms with van der Waals surface area (Å²) in [6, 6.07) is 12.5. The lowest BCUT2D eigenvalue weighted by atomic mass is 10.1. The second-order valence-electron chi connectivity index (χ2n) is 4.69. The van der Waals surface area contributed by atoms with Gasteiger partial charge in [0.2, 0.25) is 5.91 Å². The first kappa shape index (κ1) is 15.5. The fourth-order valence-electron chi connectivity index (χ4n) is 1.93. The fourth-order valence-corrected chi connectivity index (χ4v) is 2.05. The highest BCUT2D eigenvalue weighted by Crippen LogP contribution is 2.18. The van der Waals surface area contributed by atoms with Gasteiger partial charge in [-0.05, 0) is 29.8 Å². The smallest absolute Gasteiger partial charge is 0.222 e. The summed E-state index contributed by atoms with van der Waals surface area (Å²) in [5, 5.41) is 13.4. The van der Waals surface area contributed by atoms with Gasteiger partial charge in [-0.3, -0.25) is 9.78 Å². The van der Waals surface area contributed by atoms with Gasteiger partial charge in [-0.1, -0.05) is 29.8 Å². The van der Waals surface area contributed by atoms with Crippen LogP contribution >= 0.6 is 11.6 Å². The molecule has 110 valence electrons. The Bertz CT molecular complexity index is 573. The molecule has 0 radical (unpaired) electrons. The van der Waals surface area contributed by atoms with E-state index in [1.54, 1.807) is 30.5 Å². The minimum Gasteiger partial charge on any atom is -0.388 e. The molecular formula is C16H17ClN2O2. The van der Waals surface area contributed by atoms with Gasteiger partial charge in [-0.15, -0.1) is 0 Å². The number of halogens is 1. The average Bonchev–Trinajstić information content (AvgIpc) is 2.49. The summed E-state index contributed by atoms with van der Waals surface area (Å²) in [6.45, 7) is 0.503. The van der Waals surface area contributed by atoms with E-state index < -0.39 is 6.10 Å². The van der Waals surface area contributed by atoms with Crippen molar-refractivity contribution in [3.8, 4) is 0 Å². The van der Waals surface area contributed by atoms with Crippen LogP contribution in [0.3, 0.4) is 0 Å². The second kappa shape index (κ2) is 7.76. The van der Waals surface area contributed by atoms with Crippen molar-refractivity contribution in [3.63, 3.8) is 0 Å². The van der Waals surface area contributed by atoms with Crippen LogP contribution in [0.25, 0.3) is 0 Å². The molecule has 0 spiro atoms. The third-order valence-corrected chi connectivity index (χ3v) is 3.31. The minimum absolute atomic E-state index is 0.0316. The van der Waals surface area contributed by atoms with Crippen molar-refractivity contribution in [2.75, 3.05) is 6.54 Å². The Morgan fingerprint density at radius 3 is 2.67 bits per heavy atom. The molecule has 1 aromatic carbocycles. The molecule has 1 unspecified atom stereocenters. The standard InChI is InChI=1S/C16H17ClN2O2/c17-13-6-4-12(5-7-13)15(20)11-16(21)19-10-8-14-3-1-2-9-18-14/h1-7,9,15,20H,8,10-11H2,(H,19,21). The van der Waals surface area contributed by atoms with Crippen molar-refractivity contribution in [1.82, 2.24) is 10.3 Å². The Morgan fingerprint density at radius 2 is 2.00 bits per heavy atom. The van der Waals surface area contributed by atoms with E-state index in [0.29, 0.717) is 23.6 Å². The van der Waals surface area contributed by atoms with Crippen LogP contribution in [0.2, 0.25) is 5.02 Å². The Balaban J connectivity index is 1.75. The van der Waals surface area contributed by atoms with Gasteiger partial charge in [0, 0.05) is 29.9 Å². The number of carbonyl (C=O) groups excluding carboxylic acids is 1. The number of nitrogens with one attached hydrogen (secondary N) is 1. The Kier molecular flexibility index (Phi) is 5.72. The number of hydrogen-bond acceptors (Lipinski definition) is 3. The molecule has 1 aromatic heterocycles. The number of aliphatic hydroxyl groups excluding tert-OH is 1. The van der Waals surface area contributed by atoms with Gasteiger partial charge >= 0.3 is 0 Å². The summed E-state index contributed by atoms with van der Waals surface area (Å²) in [5.41, 5.74) is 1.61. The zero-order valence-electron chi connectivity index (χ0n) is 11.5. The van der Waals surface area contributed by atoms with Gasteiger partial charge < -0.3 is 10.4 Å². The maximum absolute atomic E-state index is 11.8. The number of benzene rings is 1. The molecule has 0 bridgehead atoms. The van der Waals surface area contributed by atoms with E-state index in [-0.39, 0.29) is 12.3 Å². The van der Waals surface area contributed by atoms with E-state index in [2.05, 4.69) is 10.3 Å². The zero-order valence-corrected chi connectivity index (χ0v) is 12.3. The largest absolute Gasteiger partial charge is 0.388 e. The predicted octanol–water partition coefficient (Wildman–Crippen LogP) is 2.52. The lowest BCUT2D eigenvalue weighted by Gasteiger charge is -2.11. The summed E-state index contributed by atoms with van der Waals surface area (Å²) in [6.07, 6.45) is 1.60. The molecule has 0 fully saturated rings. The van der Waals surface area contributed by atoms with E-state index in [0.717, 1.165) is 5.69 Å². The van der Waals surface area contributed by atoms with Gasteiger partial charge in [-0.25, -0.2) is 0 Å². The molecule has 1 heterocycles. The normalized spacial score (nSPS) is 11.9. The molecular weight excluding hydrogens is 288 g/mol. The molecule has 0 aliphatic rings. The SMILES string of the molecule is O=C(CC(O)c1ccc(Cl)cc1)NCCc1ccccn1. The van der Waals surface area contributed by atoms with E-state index in [4.69, 9.17) is 11.6 Å². The zero-order chi connectivity index (χ0) is 15.1. The third kappa shape index (κ3) is 5.17. The number of carbonyl (C=O) groups is 1. The fraction of sp³-hybridized carbons (Fsp3) is 0.250. The molecule has 21 heavy (non-hydrogen) atoms. The van der Waals surface area contributed by atoms with Gasteiger partial charge in [-0.2, -0.15) is 0 Å². The first-order chi connectivity index (χ1) is 10.1. The predicted molar refractivity (Wildman–Crippen MR) is 82.0 cm³/mol. The van der Waals surface area contributed by atoms with Crippen molar-refractivity contribution in [1.29, 1.82) is 0 Å². The van der Waals surface area contributed by atoms with E-state index in [1.807, 2.05) is 18.2 Å². The van der Waals surface area contributed by atoms with Crippen molar-refractivity contribution in [2.45, 2.75) is 18.9 Å². The number of pyridine rings is 1. The van der Waals surface area contributed by atoms with Crippen molar-refractivity contribution in [3.05, 3.63) is 64.9 Å². The summed E-state index contributed by atoms with van der Waals surface area (Å²) in [5.74, 6) is -0.187. The van der Waals surface area contributed by atoms with Gasteiger partial charge in [0.1, 0.15) is 0 Å². The molecule has 2 rings (SSSR count). The molecule has 2 N–H and O–H groups in total. The highest BCUT2D eigenvalue weighted by atomic mass is 35.5. The van der Waals surface area contributed by atoms with E-state index >= 15 is 0 Å². The van der Waals surface area contributed by atoms with Crippen LogP contribution in [0.5, 0.6) is 0 Å². The molecule has 4 nitrogen and oxygen atoms in total. The molecule has 0 saturated heterocycles. The molecule has 0 saturated carbocycles. The summed E-state index contributed by atoms with van der Waals surface area (Å²) >= 11 is 5.78. The number of amides is 1. The van der Waals surface area contributed by atoms with E-state index in [1.165, 1.54) is 0 Å². The topological polar surface area (TPSA) is 62.2 Å². The quantitative estimate of drug-likeness (QED) is 0.862. The van der Waals surface area contributed by atoms with Gasteiger partial charge in [0.05, 0.1) is 12.5 Å². The van der Waals surface area contributed by atoms with Crippen LogP contribution in [0.1, 0.15) is 23.8 Å². The maximum atomic E-state index is 11.8. The van der Waals surface area contributed by atoms with Crippen molar-refractivity contribution in [2.24, 2.45) is 0 Å². The number of aromatic nitrogens is 1. The number of rotatable bonds is 6. The van der Waals surface area contributed by atoms with Gasteiger partial charge in [0.15, 0.2) is 0 Å². The van der Waals surface area contributed by atoms with Crippen LogP contribution in [0.4, 0.5) is 0 Å². The first-order valence-corrected chi connectivity index (χ1v) is 7.13. The van der Waals surface area contributed by atoms with Crippen LogP contribution < -0.4 is 5.32 Å². The summed E-state index contributed by atoms with van der Waals surface area (Å²) in [7, 11) is 0. The number of aliphatic hydroxyl groups is 1. The molecule has 0 aliphatic heterocycles. The van der Waals surface area contributed by atoms with Crippen LogP contribution in [0, 0.1) is 0 Å². The monoisotopic (exact) mass is 304 g/mol. The highest BCUT2D eigenvalue weighted by Gasteiger charge is 2.12. The minimum atomic E-state index is -0.822. The molecule has 0 aliphatic carbocycles. The number of hydrogen-bond donors (Lipinski definition) is 2. The Hall–Kier alpha value is -1.91. The molecule has 2 aromatic rings. The lowest BCUT2D eigenvalue weighted by Crippen LogP contribution is -2.27. The Labute approximate surface area is 128 Å². The third-order valence-electron chi connectivity index (χ3n) is 3.06.